The Hall–Kier alpha value is -3.09. The number of fused-ring (bicyclic) bond motifs is 2. The third-order valence-electron chi connectivity index (χ3n) is 5.05. The van der Waals surface area contributed by atoms with Gasteiger partial charge in [-0.15, -0.1) is 11.3 Å². The van der Waals surface area contributed by atoms with E-state index in [4.69, 9.17) is 10.5 Å². The van der Waals surface area contributed by atoms with Gasteiger partial charge in [-0.05, 0) is 30.2 Å². The first kappa shape index (κ1) is 22.1. The summed E-state index contributed by atoms with van der Waals surface area (Å²) >= 11 is 1.17. The van der Waals surface area contributed by atoms with E-state index < -0.39 is 40.6 Å². The van der Waals surface area contributed by atoms with Crippen molar-refractivity contribution >= 4 is 39.2 Å². The van der Waals surface area contributed by atoms with E-state index in [-0.39, 0.29) is 29.0 Å². The van der Waals surface area contributed by atoms with Crippen LogP contribution in [-0.4, -0.2) is 29.6 Å². The molecule has 32 heavy (non-hydrogen) atoms. The van der Waals surface area contributed by atoms with Gasteiger partial charge in [0.05, 0.1) is 24.8 Å². The maximum absolute atomic E-state index is 13.4. The first-order chi connectivity index (χ1) is 14.9. The van der Waals surface area contributed by atoms with Crippen molar-refractivity contribution in [3.63, 3.8) is 0 Å². The van der Waals surface area contributed by atoms with Crippen molar-refractivity contribution in [2.45, 2.75) is 25.3 Å². The summed E-state index contributed by atoms with van der Waals surface area (Å²) in [6, 6.07) is 2.35. The highest BCUT2D eigenvalue weighted by molar-refractivity contribution is 7.16. The fourth-order valence-corrected chi connectivity index (χ4v) is 4.72. The molecule has 0 atom stereocenters. The second-order valence-electron chi connectivity index (χ2n) is 7.00. The molecule has 170 valence electrons. The summed E-state index contributed by atoms with van der Waals surface area (Å²) in [6.45, 7) is 0.543. The van der Waals surface area contributed by atoms with E-state index in [9.17, 15) is 31.1 Å². The van der Waals surface area contributed by atoms with Gasteiger partial charge >= 0.3 is 18.3 Å². The summed E-state index contributed by atoms with van der Waals surface area (Å²) in [7, 11) is 1.23. The van der Waals surface area contributed by atoms with Gasteiger partial charge in [-0.25, -0.2) is 14.8 Å². The third kappa shape index (κ3) is 3.80. The van der Waals surface area contributed by atoms with Gasteiger partial charge in [0.1, 0.15) is 16.5 Å². The monoisotopic (exact) mass is 476 g/mol. The minimum Gasteiger partial charge on any atom is -0.465 e. The average Bonchev–Trinajstić information content (AvgIpc) is 3.05. The summed E-state index contributed by atoms with van der Waals surface area (Å²) < 4.78 is 84.2. The predicted molar refractivity (Wildman–Crippen MR) is 104 cm³/mol. The SMILES string of the molecule is COC(=O)c1c(N)sc2c1CCN(c1ccc3c(C(F)(F)F)cc(C(F)(F)F)nc3n1)C2. The fourth-order valence-electron chi connectivity index (χ4n) is 3.60. The van der Waals surface area contributed by atoms with E-state index in [2.05, 4.69) is 9.97 Å². The number of thiophene rings is 1. The topological polar surface area (TPSA) is 81.3 Å². The molecule has 0 amide bonds. The van der Waals surface area contributed by atoms with E-state index in [0.29, 0.717) is 18.5 Å². The molecule has 0 saturated heterocycles. The van der Waals surface area contributed by atoms with E-state index in [1.54, 1.807) is 4.90 Å². The number of ether oxygens (including phenoxy) is 1. The number of aromatic nitrogens is 2. The summed E-state index contributed by atoms with van der Waals surface area (Å²) in [5.41, 5.74) is 3.15. The zero-order chi connectivity index (χ0) is 23.4. The molecular formula is C19H14F6N4O2S. The number of methoxy groups -OCH3 is 1. The molecule has 0 fully saturated rings. The molecule has 6 nitrogen and oxygen atoms in total. The Labute approximate surface area is 180 Å². The number of pyridine rings is 2. The van der Waals surface area contributed by atoms with E-state index in [1.807, 2.05) is 0 Å². The lowest BCUT2D eigenvalue weighted by atomic mass is 10.0. The molecule has 4 rings (SSSR count). The molecule has 1 aliphatic heterocycles. The molecule has 0 aliphatic carbocycles. The van der Waals surface area contributed by atoms with Crippen LogP contribution in [0.15, 0.2) is 18.2 Å². The van der Waals surface area contributed by atoms with Gasteiger partial charge in [-0.3, -0.25) is 0 Å². The zero-order valence-corrected chi connectivity index (χ0v) is 17.1. The lowest BCUT2D eigenvalue weighted by Gasteiger charge is -2.28. The van der Waals surface area contributed by atoms with Crippen molar-refractivity contribution in [3.05, 3.63) is 45.5 Å². The molecule has 4 heterocycles. The Morgan fingerprint density at radius 1 is 1.16 bits per heavy atom. The lowest BCUT2D eigenvalue weighted by molar-refractivity contribution is -0.144. The molecule has 0 saturated carbocycles. The van der Waals surface area contributed by atoms with E-state index >= 15 is 0 Å². The number of alkyl halides is 6. The molecule has 1 aliphatic rings. The Morgan fingerprint density at radius 2 is 1.88 bits per heavy atom. The molecule has 13 heteroatoms. The number of halogens is 6. The Bertz CT molecular complexity index is 1220. The molecule has 0 unspecified atom stereocenters. The second kappa shape index (κ2) is 7.50. The minimum absolute atomic E-state index is 0.0143. The second-order valence-corrected chi connectivity index (χ2v) is 8.13. The van der Waals surface area contributed by atoms with Crippen molar-refractivity contribution < 1.29 is 35.9 Å². The summed E-state index contributed by atoms with van der Waals surface area (Å²) in [5, 5.41) is -0.248. The number of carbonyl (C=O) groups is 1. The van der Waals surface area contributed by atoms with Gasteiger partial charge in [-0.2, -0.15) is 26.3 Å². The van der Waals surface area contributed by atoms with Crippen LogP contribution in [0.25, 0.3) is 11.0 Å². The number of nitrogens with zero attached hydrogens (tertiary/aromatic N) is 3. The van der Waals surface area contributed by atoms with Crippen LogP contribution in [0.2, 0.25) is 0 Å². The van der Waals surface area contributed by atoms with Crippen molar-refractivity contribution in [2.75, 3.05) is 24.3 Å². The molecule has 0 bridgehead atoms. The first-order valence-corrected chi connectivity index (χ1v) is 9.91. The number of nitrogen functional groups attached to an aromatic ring is 1. The number of rotatable bonds is 2. The highest BCUT2D eigenvalue weighted by atomic mass is 32.1. The molecule has 0 radical (unpaired) electrons. The smallest absolute Gasteiger partial charge is 0.433 e. The van der Waals surface area contributed by atoms with Crippen LogP contribution in [0.1, 0.15) is 32.1 Å². The number of esters is 1. The van der Waals surface area contributed by atoms with Gasteiger partial charge in [-0.1, -0.05) is 0 Å². The number of hydrogen-bond donors (Lipinski definition) is 1. The van der Waals surface area contributed by atoms with Crippen molar-refractivity contribution in [1.29, 1.82) is 0 Å². The number of carbonyl (C=O) groups excluding carboxylic acids is 1. The number of anilines is 2. The third-order valence-corrected chi connectivity index (χ3v) is 6.10. The number of hydrogen-bond acceptors (Lipinski definition) is 7. The van der Waals surface area contributed by atoms with Gasteiger partial charge in [0.2, 0.25) is 0 Å². The van der Waals surface area contributed by atoms with Crippen LogP contribution < -0.4 is 10.6 Å². The van der Waals surface area contributed by atoms with Crippen molar-refractivity contribution in [2.24, 2.45) is 0 Å². The van der Waals surface area contributed by atoms with Crippen molar-refractivity contribution in [1.82, 2.24) is 9.97 Å². The average molecular weight is 476 g/mol. The normalized spacial score (nSPS) is 14.5. The van der Waals surface area contributed by atoms with E-state index in [1.165, 1.54) is 24.5 Å². The summed E-state index contributed by atoms with van der Waals surface area (Å²) in [5.74, 6) is -0.407. The standard InChI is InChI=1S/C19H14F6N4O2S/c1-31-17(30)14-9-4-5-29(7-11(9)32-15(14)26)13-3-2-8-10(18(20,21)22)6-12(19(23,24)25)27-16(8)28-13/h2-3,6H,4-5,7,26H2,1H3. The lowest BCUT2D eigenvalue weighted by Crippen LogP contribution is -2.31. The van der Waals surface area contributed by atoms with Crippen LogP contribution >= 0.6 is 11.3 Å². The van der Waals surface area contributed by atoms with Crippen molar-refractivity contribution in [3.8, 4) is 0 Å². The molecular weight excluding hydrogens is 462 g/mol. The largest absolute Gasteiger partial charge is 0.465 e. The zero-order valence-electron chi connectivity index (χ0n) is 16.3. The fraction of sp³-hybridized carbons (Fsp3) is 0.316. The molecule has 0 spiro atoms. The summed E-state index contributed by atoms with van der Waals surface area (Å²) in [6.07, 6.45) is -9.70. The maximum atomic E-state index is 13.4. The van der Waals surface area contributed by atoms with Gasteiger partial charge in [0.25, 0.3) is 0 Å². The molecule has 0 aromatic carbocycles. The van der Waals surface area contributed by atoms with Gasteiger partial charge in [0, 0.05) is 16.8 Å². The summed E-state index contributed by atoms with van der Waals surface area (Å²) in [4.78, 5) is 21.7. The van der Waals surface area contributed by atoms with Crippen LogP contribution in [0.4, 0.5) is 37.2 Å². The Kier molecular flexibility index (Phi) is 5.18. The van der Waals surface area contributed by atoms with Crippen LogP contribution in [0.3, 0.4) is 0 Å². The van der Waals surface area contributed by atoms with E-state index in [0.717, 1.165) is 10.9 Å². The van der Waals surface area contributed by atoms with Gasteiger partial charge < -0.3 is 15.4 Å². The maximum Gasteiger partial charge on any atom is 0.433 e. The first-order valence-electron chi connectivity index (χ1n) is 9.09. The molecule has 2 N–H and O–H groups in total. The quantitative estimate of drug-likeness (QED) is 0.428. The predicted octanol–water partition coefficient (Wildman–Crippen LogP) is 4.66. The van der Waals surface area contributed by atoms with Crippen LogP contribution in [0, 0.1) is 0 Å². The highest BCUT2D eigenvalue weighted by Gasteiger charge is 2.39. The minimum atomic E-state index is -5.06. The van der Waals surface area contributed by atoms with Crippen LogP contribution in [0.5, 0.6) is 0 Å². The number of nitrogens with two attached hydrogens (primary N) is 1. The Balaban J connectivity index is 1.76. The molecule has 3 aromatic heterocycles. The van der Waals surface area contributed by atoms with Gasteiger partial charge in [0.15, 0.2) is 5.65 Å². The Morgan fingerprint density at radius 3 is 2.50 bits per heavy atom. The molecule has 3 aromatic rings. The highest BCUT2D eigenvalue weighted by Crippen LogP contribution is 2.40. The van der Waals surface area contributed by atoms with Crippen LogP contribution in [-0.2, 0) is 30.1 Å².